The first-order chi connectivity index (χ1) is 17.0. The van der Waals surface area contributed by atoms with E-state index in [0.717, 1.165) is 22.5 Å². The molecular formula is C30H27N3O2. The van der Waals surface area contributed by atoms with Gasteiger partial charge in [-0.05, 0) is 31.2 Å². The molecular weight excluding hydrogens is 434 g/mol. The summed E-state index contributed by atoms with van der Waals surface area (Å²) >= 11 is 0. The van der Waals surface area contributed by atoms with Gasteiger partial charge in [-0.15, -0.1) is 0 Å². The van der Waals surface area contributed by atoms with E-state index in [9.17, 15) is 4.79 Å². The fourth-order valence-corrected chi connectivity index (χ4v) is 4.33. The molecule has 1 unspecified atom stereocenters. The van der Waals surface area contributed by atoms with Gasteiger partial charge >= 0.3 is 5.72 Å². The fourth-order valence-electron chi connectivity index (χ4n) is 4.33. The zero-order valence-corrected chi connectivity index (χ0v) is 20.1. The van der Waals surface area contributed by atoms with E-state index in [4.69, 9.17) is 4.84 Å². The second-order valence-electron chi connectivity index (χ2n) is 8.82. The van der Waals surface area contributed by atoms with Gasteiger partial charge in [0.05, 0.1) is 0 Å². The number of rotatable bonds is 6. The van der Waals surface area contributed by atoms with Crippen molar-refractivity contribution < 1.29 is 9.63 Å². The first-order valence-electron chi connectivity index (χ1n) is 11.6. The number of oxime groups is 1. The van der Waals surface area contributed by atoms with Gasteiger partial charge < -0.3 is 9.74 Å². The molecule has 0 radical (unpaired) electrons. The highest BCUT2D eigenvalue weighted by atomic mass is 16.7. The number of hydrogen-bond donors (Lipinski definition) is 0. The third-order valence-electron chi connectivity index (χ3n) is 6.23. The quantitative estimate of drug-likeness (QED) is 0.331. The van der Waals surface area contributed by atoms with Gasteiger partial charge in [0, 0.05) is 42.2 Å². The molecule has 0 spiro atoms. The Morgan fingerprint density at radius 3 is 2.00 bits per heavy atom. The predicted molar refractivity (Wildman–Crippen MR) is 141 cm³/mol. The minimum atomic E-state index is -1.50. The number of ketones is 1. The second-order valence-corrected chi connectivity index (χ2v) is 8.82. The zero-order chi connectivity index (χ0) is 24.4. The van der Waals surface area contributed by atoms with Gasteiger partial charge in [0.1, 0.15) is 0 Å². The minimum absolute atomic E-state index is 0.188. The van der Waals surface area contributed by atoms with Crippen LogP contribution >= 0.6 is 0 Å². The number of Topliss-reactive ketones (excluding diaryl/α,β-unsaturated/α-hetero) is 1. The van der Waals surface area contributed by atoms with Gasteiger partial charge in [-0.25, -0.2) is 0 Å². The molecule has 1 aliphatic rings. The lowest BCUT2D eigenvalue weighted by atomic mass is 9.90. The first-order valence-corrected chi connectivity index (χ1v) is 11.6. The van der Waals surface area contributed by atoms with Crippen LogP contribution < -0.4 is 9.80 Å². The van der Waals surface area contributed by atoms with E-state index in [1.165, 1.54) is 0 Å². The van der Waals surface area contributed by atoms with E-state index < -0.39 is 5.72 Å². The lowest BCUT2D eigenvalue weighted by Crippen LogP contribution is -2.52. The molecule has 0 saturated carbocycles. The average molecular weight is 462 g/mol. The van der Waals surface area contributed by atoms with Crippen LogP contribution in [0.4, 0.5) is 11.4 Å². The average Bonchev–Trinajstić information content (AvgIpc) is 3.31. The maximum Gasteiger partial charge on any atom is 0.304 e. The fraction of sp³-hybridized carbons (Fsp3) is 0.133. The molecule has 0 fully saturated rings. The van der Waals surface area contributed by atoms with Gasteiger partial charge in [0.2, 0.25) is 5.78 Å². The zero-order valence-electron chi connectivity index (χ0n) is 20.1. The third-order valence-corrected chi connectivity index (χ3v) is 6.23. The summed E-state index contributed by atoms with van der Waals surface area (Å²) in [5, 5.41) is 4.54. The van der Waals surface area contributed by atoms with E-state index >= 15 is 0 Å². The van der Waals surface area contributed by atoms with Crippen LogP contribution in [0, 0.1) is 6.92 Å². The van der Waals surface area contributed by atoms with Crippen molar-refractivity contribution in [3.63, 3.8) is 0 Å². The summed E-state index contributed by atoms with van der Waals surface area (Å²) in [7, 11) is 4.00. The minimum Gasteiger partial charge on any atom is -0.378 e. The van der Waals surface area contributed by atoms with Crippen molar-refractivity contribution in [3.8, 4) is 0 Å². The van der Waals surface area contributed by atoms with Crippen molar-refractivity contribution >= 4 is 23.0 Å². The van der Waals surface area contributed by atoms with E-state index in [1.54, 1.807) is 0 Å². The molecule has 5 rings (SSSR count). The van der Waals surface area contributed by atoms with E-state index in [0.29, 0.717) is 17.0 Å². The van der Waals surface area contributed by atoms with Crippen molar-refractivity contribution in [2.24, 2.45) is 5.16 Å². The Hall–Kier alpha value is -4.38. The molecule has 1 atom stereocenters. The molecule has 5 heteroatoms. The van der Waals surface area contributed by atoms with Crippen LogP contribution in [0.2, 0.25) is 0 Å². The lowest BCUT2D eigenvalue weighted by molar-refractivity contribution is -0.00648. The summed E-state index contributed by atoms with van der Waals surface area (Å²) in [4.78, 5) is 24.5. The van der Waals surface area contributed by atoms with Crippen molar-refractivity contribution in [2.45, 2.75) is 12.6 Å². The molecule has 174 valence electrons. The number of amidine groups is 1. The van der Waals surface area contributed by atoms with Crippen molar-refractivity contribution in [1.82, 2.24) is 0 Å². The van der Waals surface area contributed by atoms with Gasteiger partial charge in [-0.2, -0.15) is 0 Å². The summed E-state index contributed by atoms with van der Waals surface area (Å²) in [6.45, 7) is 2.04. The number of anilines is 2. The Morgan fingerprint density at radius 1 is 0.800 bits per heavy atom. The number of nitrogens with zero attached hydrogens (tertiary/aromatic N) is 3. The molecule has 4 aromatic rings. The highest BCUT2D eigenvalue weighted by Crippen LogP contribution is 2.43. The smallest absolute Gasteiger partial charge is 0.304 e. The van der Waals surface area contributed by atoms with Crippen LogP contribution in [-0.4, -0.2) is 25.7 Å². The number of carbonyl (C=O) groups excluding carboxylic acids is 1. The second kappa shape index (κ2) is 9.11. The van der Waals surface area contributed by atoms with E-state index in [-0.39, 0.29) is 5.78 Å². The topological polar surface area (TPSA) is 45.1 Å². The van der Waals surface area contributed by atoms with Gasteiger partial charge in [-0.3, -0.25) is 9.69 Å². The Bertz CT molecular complexity index is 1350. The Morgan fingerprint density at radius 2 is 1.40 bits per heavy atom. The van der Waals surface area contributed by atoms with Crippen LogP contribution in [0.3, 0.4) is 0 Å². The van der Waals surface area contributed by atoms with Crippen molar-refractivity contribution in [3.05, 3.63) is 131 Å². The highest BCUT2D eigenvalue weighted by molar-refractivity contribution is 6.18. The summed E-state index contributed by atoms with van der Waals surface area (Å²) in [5.41, 5.74) is 3.63. The molecule has 0 bridgehead atoms. The summed E-state index contributed by atoms with van der Waals surface area (Å²) < 4.78 is 0. The molecule has 0 aliphatic carbocycles. The van der Waals surface area contributed by atoms with Crippen molar-refractivity contribution in [1.29, 1.82) is 0 Å². The summed E-state index contributed by atoms with van der Waals surface area (Å²) in [6, 6.07) is 35.0. The van der Waals surface area contributed by atoms with Crippen LogP contribution in [-0.2, 0) is 10.6 Å². The largest absolute Gasteiger partial charge is 0.378 e. The maximum atomic E-state index is 14.3. The Kier molecular flexibility index (Phi) is 5.83. The van der Waals surface area contributed by atoms with Gasteiger partial charge in [0.25, 0.3) is 0 Å². The SMILES string of the molecule is Cc1ccc(C2=NOC(C(=O)c3ccccc3)(c3ccccc3)N2c2ccc(N(C)C)cc2)cc1. The molecule has 1 aliphatic heterocycles. The standard InChI is InChI=1S/C30H27N3O2/c1-22-14-16-24(17-15-22)29-31-35-30(25-12-8-5-9-13-25,28(34)23-10-6-4-7-11-23)33(29)27-20-18-26(19-21-27)32(2)3/h4-21H,1-3H3. The number of aryl methyl sites for hydroxylation is 1. The maximum absolute atomic E-state index is 14.3. The molecule has 0 N–H and O–H groups in total. The number of hydrogen-bond acceptors (Lipinski definition) is 5. The van der Waals surface area contributed by atoms with Gasteiger partial charge in [0.15, 0.2) is 5.84 Å². The Balaban J connectivity index is 1.74. The highest BCUT2D eigenvalue weighted by Gasteiger charge is 2.55. The number of carbonyl (C=O) groups is 1. The van der Waals surface area contributed by atoms with Crippen LogP contribution in [0.5, 0.6) is 0 Å². The number of benzene rings is 4. The summed E-state index contributed by atoms with van der Waals surface area (Å²) in [5.74, 6) is 0.391. The van der Waals surface area contributed by atoms with Crippen molar-refractivity contribution in [2.75, 3.05) is 23.9 Å². The lowest BCUT2D eigenvalue weighted by Gasteiger charge is -2.36. The molecule has 0 saturated heterocycles. The van der Waals surface area contributed by atoms with Crippen LogP contribution in [0.1, 0.15) is 27.0 Å². The molecule has 0 amide bonds. The van der Waals surface area contributed by atoms with Crippen LogP contribution in [0.25, 0.3) is 0 Å². The molecule has 35 heavy (non-hydrogen) atoms. The summed E-state index contributed by atoms with van der Waals surface area (Å²) in [6.07, 6.45) is 0. The molecule has 4 aromatic carbocycles. The monoisotopic (exact) mass is 461 g/mol. The van der Waals surface area contributed by atoms with Gasteiger partial charge in [-0.1, -0.05) is 95.6 Å². The first kappa shape index (κ1) is 22.4. The molecule has 5 nitrogen and oxygen atoms in total. The van der Waals surface area contributed by atoms with E-state index in [2.05, 4.69) is 5.16 Å². The normalized spacial score (nSPS) is 17.0. The predicted octanol–water partition coefficient (Wildman–Crippen LogP) is 6.00. The third kappa shape index (κ3) is 3.95. The molecule has 1 heterocycles. The van der Waals surface area contributed by atoms with E-state index in [1.807, 2.05) is 140 Å². The Labute approximate surface area is 205 Å². The van der Waals surface area contributed by atoms with Crippen LogP contribution in [0.15, 0.2) is 114 Å². The molecule has 0 aromatic heterocycles.